The number of amides is 1. The fourth-order valence-corrected chi connectivity index (χ4v) is 3.17. The third-order valence-corrected chi connectivity index (χ3v) is 4.60. The summed E-state index contributed by atoms with van der Waals surface area (Å²) in [6.07, 6.45) is 1.88. The van der Waals surface area contributed by atoms with Crippen LogP contribution in [0.15, 0.2) is 48.5 Å². The molecule has 126 valence electrons. The molecule has 3 nitrogen and oxygen atoms in total. The van der Waals surface area contributed by atoms with Crippen LogP contribution in [0.1, 0.15) is 24.0 Å². The Labute approximate surface area is 146 Å². The third kappa shape index (κ3) is 4.34. The number of benzene rings is 2. The molecule has 24 heavy (non-hydrogen) atoms. The molecule has 0 aromatic heterocycles. The molecule has 0 unspecified atom stereocenters. The van der Waals surface area contributed by atoms with Crippen molar-refractivity contribution in [1.29, 1.82) is 0 Å². The molecule has 1 amide bonds. The van der Waals surface area contributed by atoms with Crippen molar-refractivity contribution in [1.82, 2.24) is 10.2 Å². The molecule has 1 atom stereocenters. The van der Waals surface area contributed by atoms with Crippen LogP contribution in [0, 0.1) is 5.82 Å². The number of likely N-dealkylation sites (tertiary alicyclic amines) is 1. The molecule has 1 saturated heterocycles. The van der Waals surface area contributed by atoms with E-state index >= 15 is 0 Å². The predicted molar refractivity (Wildman–Crippen MR) is 93.1 cm³/mol. The Morgan fingerprint density at radius 3 is 2.50 bits per heavy atom. The molecule has 0 bridgehead atoms. The highest BCUT2D eigenvalue weighted by Gasteiger charge is 2.30. The van der Waals surface area contributed by atoms with Crippen molar-refractivity contribution in [3.8, 4) is 0 Å². The maximum Gasteiger partial charge on any atom is 0.237 e. The predicted octanol–water partition coefficient (Wildman–Crippen LogP) is 3.76. The summed E-state index contributed by atoms with van der Waals surface area (Å²) >= 11 is 5.92. The molecule has 0 aliphatic carbocycles. The van der Waals surface area contributed by atoms with Gasteiger partial charge in [0.05, 0.1) is 6.04 Å². The molecule has 1 aliphatic rings. The fourth-order valence-electron chi connectivity index (χ4n) is 3.05. The average molecular weight is 347 g/mol. The van der Waals surface area contributed by atoms with Crippen LogP contribution in [0.5, 0.6) is 0 Å². The topological polar surface area (TPSA) is 32.3 Å². The lowest BCUT2D eigenvalue weighted by Crippen LogP contribution is -2.42. The standard InChI is InChI=1S/C19H20ClFN2O/c20-16-7-3-15(4-8-16)13-23-11-1-2-18(23)19(24)22-12-14-5-9-17(21)10-6-14/h3-10,18H,1-2,11-13H2,(H,22,24)/t18-/m1/s1. The summed E-state index contributed by atoms with van der Waals surface area (Å²) in [5, 5.41) is 3.68. The first kappa shape index (κ1) is 16.9. The van der Waals surface area contributed by atoms with Gasteiger partial charge in [0.1, 0.15) is 5.82 Å². The molecular weight excluding hydrogens is 327 g/mol. The summed E-state index contributed by atoms with van der Waals surface area (Å²) in [7, 11) is 0. The lowest BCUT2D eigenvalue weighted by Gasteiger charge is -2.23. The number of hydrogen-bond donors (Lipinski definition) is 1. The maximum absolute atomic E-state index is 12.9. The van der Waals surface area contributed by atoms with Crippen LogP contribution in [0.4, 0.5) is 4.39 Å². The summed E-state index contributed by atoms with van der Waals surface area (Å²) in [5.74, 6) is -0.235. The zero-order chi connectivity index (χ0) is 16.9. The van der Waals surface area contributed by atoms with Crippen molar-refractivity contribution in [2.45, 2.75) is 32.0 Å². The van der Waals surface area contributed by atoms with Gasteiger partial charge in [-0.1, -0.05) is 35.9 Å². The van der Waals surface area contributed by atoms with Crippen molar-refractivity contribution >= 4 is 17.5 Å². The highest BCUT2D eigenvalue weighted by atomic mass is 35.5. The molecule has 5 heteroatoms. The summed E-state index contributed by atoms with van der Waals surface area (Å²) in [6, 6.07) is 13.8. The summed E-state index contributed by atoms with van der Waals surface area (Å²) < 4.78 is 12.9. The Hall–Kier alpha value is -1.91. The summed E-state index contributed by atoms with van der Waals surface area (Å²) in [4.78, 5) is 14.7. The second-order valence-corrected chi connectivity index (χ2v) is 6.54. The zero-order valence-corrected chi connectivity index (χ0v) is 14.1. The van der Waals surface area contributed by atoms with Crippen LogP contribution >= 0.6 is 11.6 Å². The summed E-state index contributed by atoms with van der Waals surface area (Å²) in [6.45, 7) is 2.08. The van der Waals surface area contributed by atoms with Gasteiger partial charge in [-0.25, -0.2) is 4.39 Å². The summed E-state index contributed by atoms with van der Waals surface area (Å²) in [5.41, 5.74) is 2.05. The van der Waals surface area contributed by atoms with E-state index in [0.29, 0.717) is 11.6 Å². The molecule has 0 radical (unpaired) electrons. The monoisotopic (exact) mass is 346 g/mol. The largest absolute Gasteiger partial charge is 0.351 e. The van der Waals surface area contributed by atoms with Crippen LogP contribution in [-0.4, -0.2) is 23.4 Å². The van der Waals surface area contributed by atoms with Crippen molar-refractivity contribution in [2.75, 3.05) is 6.54 Å². The molecule has 3 rings (SSSR count). The number of carbonyl (C=O) groups is 1. The quantitative estimate of drug-likeness (QED) is 0.894. The maximum atomic E-state index is 12.9. The van der Waals surface area contributed by atoms with Gasteiger partial charge in [0.25, 0.3) is 0 Å². The highest BCUT2D eigenvalue weighted by Crippen LogP contribution is 2.21. The minimum absolute atomic E-state index is 0.0331. The van der Waals surface area contributed by atoms with Crippen LogP contribution in [0.2, 0.25) is 5.02 Å². The zero-order valence-electron chi connectivity index (χ0n) is 13.3. The SMILES string of the molecule is O=C(NCc1ccc(F)cc1)[C@H]1CCCN1Cc1ccc(Cl)cc1. The molecule has 1 heterocycles. The van der Waals surface area contributed by atoms with Gasteiger partial charge in [0, 0.05) is 18.1 Å². The van der Waals surface area contributed by atoms with Crippen LogP contribution in [0.25, 0.3) is 0 Å². The van der Waals surface area contributed by atoms with E-state index in [9.17, 15) is 9.18 Å². The third-order valence-electron chi connectivity index (χ3n) is 4.35. The van der Waals surface area contributed by atoms with Gasteiger partial charge >= 0.3 is 0 Å². The Morgan fingerprint density at radius 1 is 1.12 bits per heavy atom. The van der Waals surface area contributed by atoms with E-state index in [1.165, 1.54) is 12.1 Å². The van der Waals surface area contributed by atoms with E-state index in [4.69, 9.17) is 11.6 Å². The lowest BCUT2D eigenvalue weighted by atomic mass is 10.1. The van der Waals surface area contributed by atoms with E-state index in [0.717, 1.165) is 37.1 Å². The minimum atomic E-state index is -0.269. The Kier molecular flexibility index (Phi) is 5.48. The van der Waals surface area contributed by atoms with Crippen LogP contribution in [0.3, 0.4) is 0 Å². The number of rotatable bonds is 5. The number of nitrogens with one attached hydrogen (secondary N) is 1. The van der Waals surface area contributed by atoms with Gasteiger partial charge in [-0.15, -0.1) is 0 Å². The molecule has 1 aliphatic heterocycles. The van der Waals surface area contributed by atoms with Crippen molar-refractivity contribution in [3.63, 3.8) is 0 Å². The average Bonchev–Trinajstić information content (AvgIpc) is 3.04. The molecule has 2 aromatic rings. The lowest BCUT2D eigenvalue weighted by molar-refractivity contribution is -0.125. The van der Waals surface area contributed by atoms with Crippen molar-refractivity contribution < 1.29 is 9.18 Å². The van der Waals surface area contributed by atoms with Crippen molar-refractivity contribution in [2.24, 2.45) is 0 Å². The molecule has 1 fully saturated rings. The van der Waals surface area contributed by atoms with Gasteiger partial charge in [0.15, 0.2) is 0 Å². The van der Waals surface area contributed by atoms with Crippen LogP contribution in [-0.2, 0) is 17.9 Å². The molecule has 0 spiro atoms. The van der Waals surface area contributed by atoms with Crippen LogP contribution < -0.4 is 5.32 Å². The smallest absolute Gasteiger partial charge is 0.237 e. The Morgan fingerprint density at radius 2 is 1.79 bits per heavy atom. The van der Waals surface area contributed by atoms with Gasteiger partial charge < -0.3 is 5.32 Å². The molecule has 1 N–H and O–H groups in total. The van der Waals surface area contributed by atoms with E-state index in [1.54, 1.807) is 12.1 Å². The molecule has 2 aromatic carbocycles. The van der Waals surface area contributed by atoms with Gasteiger partial charge in [-0.2, -0.15) is 0 Å². The first-order chi connectivity index (χ1) is 11.6. The van der Waals surface area contributed by atoms with E-state index in [1.807, 2.05) is 24.3 Å². The number of hydrogen-bond acceptors (Lipinski definition) is 2. The highest BCUT2D eigenvalue weighted by molar-refractivity contribution is 6.30. The number of nitrogens with zero attached hydrogens (tertiary/aromatic N) is 1. The second kappa shape index (κ2) is 7.77. The van der Waals surface area contributed by atoms with Gasteiger partial charge in [-0.05, 0) is 54.8 Å². The second-order valence-electron chi connectivity index (χ2n) is 6.10. The van der Waals surface area contributed by atoms with E-state index in [2.05, 4.69) is 10.2 Å². The van der Waals surface area contributed by atoms with E-state index in [-0.39, 0.29) is 17.8 Å². The number of carbonyl (C=O) groups excluding carboxylic acids is 1. The normalized spacial score (nSPS) is 17.8. The first-order valence-electron chi connectivity index (χ1n) is 8.12. The Bertz CT molecular complexity index is 688. The van der Waals surface area contributed by atoms with Crippen molar-refractivity contribution in [3.05, 3.63) is 70.5 Å². The fraction of sp³-hybridized carbons (Fsp3) is 0.316. The molecular formula is C19H20ClFN2O. The minimum Gasteiger partial charge on any atom is -0.351 e. The van der Waals surface area contributed by atoms with Gasteiger partial charge in [0.2, 0.25) is 5.91 Å². The first-order valence-corrected chi connectivity index (χ1v) is 8.50. The van der Waals surface area contributed by atoms with Gasteiger partial charge in [-0.3, -0.25) is 9.69 Å². The Balaban J connectivity index is 1.56. The number of halogens is 2. The molecule has 0 saturated carbocycles. The van der Waals surface area contributed by atoms with E-state index < -0.39 is 0 Å².